The SMILES string of the molecule is CCOc1ccc(C(=O)N(c2ccccc2CC)[C@@H]2C=CS(=O)(=O)C2)cc1OCC. The van der Waals surface area contributed by atoms with Crippen molar-refractivity contribution in [3.63, 3.8) is 0 Å². The Morgan fingerprint density at radius 3 is 2.37 bits per heavy atom. The van der Waals surface area contributed by atoms with E-state index in [1.54, 1.807) is 29.2 Å². The van der Waals surface area contributed by atoms with Crippen LogP contribution in [0.3, 0.4) is 0 Å². The monoisotopic (exact) mass is 429 g/mol. The van der Waals surface area contributed by atoms with Crippen LogP contribution in [-0.4, -0.2) is 39.3 Å². The summed E-state index contributed by atoms with van der Waals surface area (Å²) in [6.45, 7) is 6.66. The number of anilines is 1. The average Bonchev–Trinajstić information content (AvgIpc) is 3.09. The van der Waals surface area contributed by atoms with Gasteiger partial charge in [0, 0.05) is 16.7 Å². The molecule has 6 nitrogen and oxygen atoms in total. The minimum absolute atomic E-state index is 0.133. The zero-order valence-corrected chi connectivity index (χ0v) is 18.3. The summed E-state index contributed by atoms with van der Waals surface area (Å²) >= 11 is 0. The minimum Gasteiger partial charge on any atom is -0.490 e. The van der Waals surface area contributed by atoms with Gasteiger partial charge >= 0.3 is 0 Å². The van der Waals surface area contributed by atoms with Crippen molar-refractivity contribution in [2.24, 2.45) is 0 Å². The van der Waals surface area contributed by atoms with Crippen LogP contribution < -0.4 is 14.4 Å². The molecule has 0 aromatic heterocycles. The summed E-state index contributed by atoms with van der Waals surface area (Å²) in [6, 6.07) is 12.1. The quantitative estimate of drug-likeness (QED) is 0.634. The van der Waals surface area contributed by atoms with Gasteiger partial charge in [0.2, 0.25) is 0 Å². The molecule has 0 fully saturated rings. The highest BCUT2D eigenvalue weighted by Gasteiger charge is 2.33. The smallest absolute Gasteiger partial charge is 0.259 e. The van der Waals surface area contributed by atoms with Crippen molar-refractivity contribution < 1.29 is 22.7 Å². The molecule has 1 heterocycles. The molecule has 7 heteroatoms. The zero-order valence-electron chi connectivity index (χ0n) is 17.5. The molecular weight excluding hydrogens is 402 g/mol. The minimum atomic E-state index is -3.33. The van der Waals surface area contributed by atoms with Crippen LogP contribution in [0.4, 0.5) is 5.69 Å². The van der Waals surface area contributed by atoms with Gasteiger partial charge in [-0.05, 0) is 56.2 Å². The number of hydrogen-bond acceptors (Lipinski definition) is 5. The van der Waals surface area contributed by atoms with Crippen LogP contribution in [0.2, 0.25) is 0 Å². The molecule has 2 aromatic rings. The molecule has 30 heavy (non-hydrogen) atoms. The van der Waals surface area contributed by atoms with Gasteiger partial charge in [-0.2, -0.15) is 0 Å². The van der Waals surface area contributed by atoms with Crippen molar-refractivity contribution >= 4 is 21.4 Å². The maximum atomic E-state index is 13.6. The molecule has 2 aromatic carbocycles. The molecule has 0 spiro atoms. The van der Waals surface area contributed by atoms with Gasteiger partial charge in [0.1, 0.15) is 0 Å². The van der Waals surface area contributed by atoms with Gasteiger partial charge in [-0.1, -0.05) is 25.1 Å². The highest BCUT2D eigenvalue weighted by Crippen LogP contribution is 2.32. The van der Waals surface area contributed by atoms with Crippen molar-refractivity contribution in [1.29, 1.82) is 0 Å². The normalized spacial score (nSPS) is 17.0. The third-order valence-corrected chi connectivity index (χ3v) is 6.26. The maximum Gasteiger partial charge on any atom is 0.259 e. The first-order valence-electron chi connectivity index (χ1n) is 10.1. The number of ether oxygens (including phenoxy) is 2. The molecule has 1 aliphatic heterocycles. The van der Waals surface area contributed by atoms with Crippen molar-refractivity contribution in [1.82, 2.24) is 0 Å². The molecule has 0 unspecified atom stereocenters. The Hall–Kier alpha value is -2.80. The molecule has 0 saturated heterocycles. The van der Waals surface area contributed by atoms with Crippen LogP contribution in [0.5, 0.6) is 11.5 Å². The van der Waals surface area contributed by atoms with Gasteiger partial charge in [-0.15, -0.1) is 0 Å². The van der Waals surface area contributed by atoms with Gasteiger partial charge in [-0.3, -0.25) is 4.79 Å². The molecule has 1 aliphatic rings. The van der Waals surface area contributed by atoms with Gasteiger partial charge in [0.15, 0.2) is 21.3 Å². The van der Waals surface area contributed by atoms with Crippen LogP contribution in [-0.2, 0) is 16.3 Å². The molecule has 0 saturated carbocycles. The number of benzene rings is 2. The Morgan fingerprint density at radius 2 is 1.73 bits per heavy atom. The summed E-state index contributed by atoms with van der Waals surface area (Å²) in [5, 5.41) is 1.19. The third kappa shape index (κ3) is 4.67. The van der Waals surface area contributed by atoms with Crippen LogP contribution >= 0.6 is 0 Å². The number of hydrogen-bond donors (Lipinski definition) is 0. The standard InChI is InChI=1S/C23H27NO5S/c1-4-17-9-7-8-10-20(17)24(19-13-14-30(26,27)16-19)23(25)18-11-12-21(28-5-2)22(15-18)29-6-3/h7-15,19H,4-6,16H2,1-3H3/t19-/m1/s1. The van der Waals surface area contributed by atoms with Gasteiger partial charge < -0.3 is 14.4 Å². The number of aryl methyl sites for hydroxylation is 1. The van der Waals surface area contributed by atoms with E-state index in [9.17, 15) is 13.2 Å². The first-order valence-corrected chi connectivity index (χ1v) is 11.8. The van der Waals surface area contributed by atoms with Crippen LogP contribution in [0.1, 0.15) is 36.7 Å². The van der Waals surface area contributed by atoms with Crippen LogP contribution in [0.15, 0.2) is 53.9 Å². The van der Waals surface area contributed by atoms with Gasteiger partial charge in [0.25, 0.3) is 5.91 Å². The number of carbonyl (C=O) groups is 1. The van der Waals surface area contributed by atoms with E-state index < -0.39 is 15.9 Å². The van der Waals surface area contributed by atoms with Crippen molar-refractivity contribution in [3.8, 4) is 11.5 Å². The number of carbonyl (C=O) groups excluding carboxylic acids is 1. The van der Waals surface area contributed by atoms with Crippen molar-refractivity contribution in [2.45, 2.75) is 33.2 Å². The second kappa shape index (κ2) is 9.34. The number of rotatable bonds is 8. The highest BCUT2D eigenvalue weighted by atomic mass is 32.2. The number of para-hydroxylation sites is 1. The van der Waals surface area contributed by atoms with E-state index in [0.29, 0.717) is 36.0 Å². The summed E-state index contributed by atoms with van der Waals surface area (Å²) < 4.78 is 35.4. The summed E-state index contributed by atoms with van der Waals surface area (Å²) in [6.07, 6.45) is 2.30. The number of amides is 1. The van der Waals surface area contributed by atoms with Gasteiger partial charge in [-0.25, -0.2) is 8.42 Å². The lowest BCUT2D eigenvalue weighted by molar-refractivity contribution is 0.0982. The largest absolute Gasteiger partial charge is 0.490 e. The predicted molar refractivity (Wildman–Crippen MR) is 118 cm³/mol. The zero-order chi connectivity index (χ0) is 21.7. The molecule has 1 atom stereocenters. The Kier molecular flexibility index (Phi) is 6.82. The predicted octanol–water partition coefficient (Wildman–Crippen LogP) is 4.00. The van der Waals surface area contributed by atoms with E-state index in [1.165, 1.54) is 5.41 Å². The van der Waals surface area contributed by atoms with E-state index in [-0.39, 0.29) is 11.7 Å². The molecule has 0 N–H and O–H groups in total. The summed E-state index contributed by atoms with van der Waals surface area (Å²) in [4.78, 5) is 15.2. The Morgan fingerprint density at radius 1 is 1.03 bits per heavy atom. The number of sulfone groups is 1. The fraction of sp³-hybridized carbons (Fsp3) is 0.348. The van der Waals surface area contributed by atoms with E-state index in [2.05, 4.69) is 0 Å². The molecule has 0 bridgehead atoms. The van der Waals surface area contributed by atoms with E-state index >= 15 is 0 Å². The first kappa shape index (κ1) is 21.9. The topological polar surface area (TPSA) is 72.9 Å². The van der Waals surface area contributed by atoms with E-state index in [0.717, 1.165) is 12.0 Å². The van der Waals surface area contributed by atoms with Crippen molar-refractivity contribution in [3.05, 3.63) is 65.1 Å². The molecular formula is C23H27NO5S. The van der Waals surface area contributed by atoms with E-state index in [4.69, 9.17) is 9.47 Å². The summed E-state index contributed by atoms with van der Waals surface area (Å²) in [5.74, 6) is 0.640. The summed E-state index contributed by atoms with van der Waals surface area (Å²) in [5.41, 5.74) is 2.09. The molecule has 0 aliphatic carbocycles. The Labute approximate surface area is 178 Å². The third-order valence-electron chi connectivity index (χ3n) is 4.88. The molecule has 1 amide bonds. The Bertz CT molecular complexity index is 1050. The first-order chi connectivity index (χ1) is 14.4. The second-order valence-electron chi connectivity index (χ2n) is 6.91. The fourth-order valence-corrected chi connectivity index (χ4v) is 4.79. The van der Waals surface area contributed by atoms with Gasteiger partial charge in [0.05, 0.1) is 25.0 Å². The fourth-order valence-electron chi connectivity index (χ4n) is 3.53. The molecule has 0 radical (unpaired) electrons. The van der Waals surface area contributed by atoms with Crippen LogP contribution in [0.25, 0.3) is 0 Å². The maximum absolute atomic E-state index is 13.6. The highest BCUT2D eigenvalue weighted by molar-refractivity contribution is 7.94. The van der Waals surface area contributed by atoms with E-state index in [1.807, 2.05) is 45.0 Å². The Balaban J connectivity index is 2.07. The molecule has 3 rings (SSSR count). The lowest BCUT2D eigenvalue weighted by Gasteiger charge is -2.30. The summed E-state index contributed by atoms with van der Waals surface area (Å²) in [7, 11) is -3.33. The van der Waals surface area contributed by atoms with Crippen LogP contribution in [0, 0.1) is 0 Å². The molecule has 160 valence electrons. The lowest BCUT2D eigenvalue weighted by Crippen LogP contribution is -2.41. The average molecular weight is 430 g/mol. The second-order valence-corrected chi connectivity index (χ2v) is 8.84. The van der Waals surface area contributed by atoms with Crippen molar-refractivity contribution in [2.75, 3.05) is 23.9 Å². The lowest BCUT2D eigenvalue weighted by atomic mass is 10.1. The number of nitrogens with zero attached hydrogens (tertiary/aromatic N) is 1.